The Kier molecular flexibility index (Phi) is 6.23. The minimum absolute atomic E-state index is 0.0489. The van der Waals surface area contributed by atoms with Crippen molar-refractivity contribution in [3.8, 4) is 5.75 Å². The van der Waals surface area contributed by atoms with E-state index in [9.17, 15) is 18.0 Å². The molecule has 24 heavy (non-hydrogen) atoms. The predicted octanol–water partition coefficient (Wildman–Crippen LogP) is 4.02. The molecule has 0 radical (unpaired) electrons. The third-order valence-electron chi connectivity index (χ3n) is 3.53. The second-order valence-corrected chi connectivity index (χ2v) is 5.40. The monoisotopic (exact) mass is 337 g/mol. The van der Waals surface area contributed by atoms with Crippen LogP contribution in [0.1, 0.15) is 17.5 Å². The topological polar surface area (TPSA) is 29.5 Å². The fourth-order valence-electron chi connectivity index (χ4n) is 2.23. The van der Waals surface area contributed by atoms with Gasteiger partial charge in [-0.05, 0) is 41.8 Å². The Hall–Kier alpha value is -2.50. The molecule has 0 aliphatic heterocycles. The number of amides is 1. The summed E-state index contributed by atoms with van der Waals surface area (Å²) < 4.78 is 41.3. The lowest BCUT2D eigenvalue weighted by Crippen LogP contribution is -2.26. The first-order valence-electron chi connectivity index (χ1n) is 7.46. The van der Waals surface area contributed by atoms with Gasteiger partial charge in [-0.15, -0.1) is 0 Å². The number of carbonyl (C=O) groups is 1. The van der Waals surface area contributed by atoms with Gasteiger partial charge in [-0.3, -0.25) is 4.79 Å². The number of hydrogen-bond donors (Lipinski definition) is 0. The molecule has 0 N–H and O–H groups in total. The number of nitrogens with zero attached hydrogens (tertiary/aromatic N) is 1. The summed E-state index contributed by atoms with van der Waals surface area (Å²) in [6.07, 6.45) is 0.847. The van der Waals surface area contributed by atoms with Crippen LogP contribution in [-0.4, -0.2) is 24.5 Å². The van der Waals surface area contributed by atoms with E-state index < -0.39 is 6.61 Å². The summed E-state index contributed by atoms with van der Waals surface area (Å²) in [5.41, 5.74) is 1.71. The van der Waals surface area contributed by atoms with Crippen LogP contribution in [0.25, 0.3) is 0 Å². The van der Waals surface area contributed by atoms with E-state index in [0.29, 0.717) is 19.4 Å². The highest BCUT2D eigenvalue weighted by molar-refractivity contribution is 5.76. The Morgan fingerprint density at radius 3 is 2.21 bits per heavy atom. The molecule has 0 aliphatic rings. The zero-order chi connectivity index (χ0) is 17.5. The fourth-order valence-corrected chi connectivity index (χ4v) is 2.23. The number of halogens is 3. The van der Waals surface area contributed by atoms with E-state index in [1.807, 2.05) is 0 Å². The van der Waals surface area contributed by atoms with Crippen LogP contribution >= 0.6 is 0 Å². The van der Waals surface area contributed by atoms with Crippen LogP contribution < -0.4 is 4.74 Å². The first-order chi connectivity index (χ1) is 11.4. The number of rotatable bonds is 7. The molecule has 0 bridgehead atoms. The number of ether oxygens (including phenoxy) is 1. The van der Waals surface area contributed by atoms with E-state index in [-0.39, 0.29) is 17.5 Å². The molecule has 128 valence electrons. The maximum absolute atomic E-state index is 12.8. The molecule has 0 saturated carbocycles. The Morgan fingerprint density at radius 1 is 1.04 bits per heavy atom. The van der Waals surface area contributed by atoms with Crippen molar-refractivity contribution in [2.45, 2.75) is 26.0 Å². The van der Waals surface area contributed by atoms with Crippen LogP contribution in [-0.2, 0) is 17.8 Å². The van der Waals surface area contributed by atoms with E-state index in [4.69, 9.17) is 0 Å². The normalized spacial score (nSPS) is 10.7. The van der Waals surface area contributed by atoms with E-state index >= 15 is 0 Å². The Bertz CT molecular complexity index is 657. The zero-order valence-corrected chi connectivity index (χ0v) is 13.2. The van der Waals surface area contributed by atoms with E-state index in [1.165, 1.54) is 24.3 Å². The molecule has 0 aliphatic carbocycles. The van der Waals surface area contributed by atoms with Crippen molar-refractivity contribution in [2.75, 3.05) is 7.05 Å². The summed E-state index contributed by atoms with van der Waals surface area (Å²) in [5.74, 6) is -0.271. The van der Waals surface area contributed by atoms with Gasteiger partial charge in [-0.2, -0.15) is 8.78 Å². The quantitative estimate of drug-likeness (QED) is 0.764. The summed E-state index contributed by atoms with van der Waals surface area (Å²) in [7, 11) is 1.68. The third kappa shape index (κ3) is 5.61. The molecule has 2 aromatic carbocycles. The first-order valence-corrected chi connectivity index (χ1v) is 7.46. The van der Waals surface area contributed by atoms with Gasteiger partial charge in [-0.1, -0.05) is 24.3 Å². The van der Waals surface area contributed by atoms with Crippen molar-refractivity contribution in [3.63, 3.8) is 0 Å². The van der Waals surface area contributed by atoms with Crippen molar-refractivity contribution in [3.05, 3.63) is 65.5 Å². The number of benzene rings is 2. The molecular weight excluding hydrogens is 319 g/mol. The minimum Gasteiger partial charge on any atom is -0.435 e. The van der Waals surface area contributed by atoms with Gasteiger partial charge in [0, 0.05) is 20.0 Å². The van der Waals surface area contributed by atoms with Crippen LogP contribution in [0.2, 0.25) is 0 Å². The second kappa shape index (κ2) is 8.38. The van der Waals surface area contributed by atoms with Crippen LogP contribution in [0.3, 0.4) is 0 Å². The zero-order valence-electron chi connectivity index (χ0n) is 13.2. The lowest BCUT2D eigenvalue weighted by Gasteiger charge is -2.17. The van der Waals surface area contributed by atoms with E-state index in [0.717, 1.165) is 11.1 Å². The van der Waals surface area contributed by atoms with Gasteiger partial charge in [0.05, 0.1) is 0 Å². The molecule has 6 heteroatoms. The predicted molar refractivity (Wildman–Crippen MR) is 84.3 cm³/mol. The summed E-state index contributed by atoms with van der Waals surface area (Å²) in [4.78, 5) is 13.7. The molecule has 0 unspecified atom stereocenters. The summed E-state index contributed by atoms with van der Waals surface area (Å²) in [5, 5.41) is 0. The molecule has 0 fully saturated rings. The van der Waals surface area contributed by atoms with Crippen molar-refractivity contribution >= 4 is 5.91 Å². The van der Waals surface area contributed by atoms with Gasteiger partial charge in [-0.25, -0.2) is 4.39 Å². The van der Waals surface area contributed by atoms with Gasteiger partial charge in [0.25, 0.3) is 0 Å². The molecule has 2 aromatic rings. The highest BCUT2D eigenvalue weighted by Gasteiger charge is 2.10. The fraction of sp³-hybridized carbons (Fsp3) is 0.278. The van der Waals surface area contributed by atoms with Gasteiger partial charge in [0.1, 0.15) is 11.6 Å². The third-order valence-corrected chi connectivity index (χ3v) is 3.53. The Balaban J connectivity index is 1.83. The summed E-state index contributed by atoms with van der Waals surface area (Å²) in [6.45, 7) is -2.48. The van der Waals surface area contributed by atoms with Crippen molar-refractivity contribution in [1.29, 1.82) is 0 Å². The van der Waals surface area contributed by atoms with Crippen LogP contribution in [0, 0.1) is 5.82 Å². The molecule has 0 saturated heterocycles. The van der Waals surface area contributed by atoms with E-state index in [2.05, 4.69) is 4.74 Å². The molecule has 0 heterocycles. The smallest absolute Gasteiger partial charge is 0.387 e. The summed E-state index contributed by atoms with van der Waals surface area (Å²) in [6, 6.07) is 12.2. The maximum Gasteiger partial charge on any atom is 0.387 e. The number of hydrogen-bond acceptors (Lipinski definition) is 2. The van der Waals surface area contributed by atoms with Gasteiger partial charge in [0.15, 0.2) is 0 Å². The summed E-state index contributed by atoms with van der Waals surface area (Å²) >= 11 is 0. The molecule has 0 atom stereocenters. The van der Waals surface area contributed by atoms with Crippen molar-refractivity contribution in [2.24, 2.45) is 0 Å². The lowest BCUT2D eigenvalue weighted by molar-refractivity contribution is -0.130. The Morgan fingerprint density at radius 2 is 1.62 bits per heavy atom. The standard InChI is InChI=1S/C18H18F3NO2/c1-22(12-14-4-9-16(10-5-14)24-18(20)21)17(23)11-6-13-2-7-15(19)8-3-13/h2-5,7-10,18H,6,11-12H2,1H3. The minimum atomic E-state index is -2.86. The second-order valence-electron chi connectivity index (χ2n) is 5.40. The Labute approximate surface area is 138 Å². The van der Waals surface area contributed by atoms with Crippen LogP contribution in [0.5, 0.6) is 5.75 Å². The number of aryl methyl sites for hydroxylation is 1. The maximum atomic E-state index is 12.8. The van der Waals surface area contributed by atoms with Crippen LogP contribution in [0.15, 0.2) is 48.5 Å². The van der Waals surface area contributed by atoms with Crippen molar-refractivity contribution < 1.29 is 22.7 Å². The molecule has 3 nitrogen and oxygen atoms in total. The van der Waals surface area contributed by atoms with E-state index in [1.54, 1.807) is 36.2 Å². The van der Waals surface area contributed by atoms with Crippen molar-refractivity contribution in [1.82, 2.24) is 4.90 Å². The average molecular weight is 337 g/mol. The molecule has 2 rings (SSSR count). The first kappa shape index (κ1) is 17.8. The highest BCUT2D eigenvalue weighted by atomic mass is 19.3. The average Bonchev–Trinajstić information content (AvgIpc) is 2.55. The molecule has 0 aromatic heterocycles. The molecule has 1 amide bonds. The van der Waals surface area contributed by atoms with Crippen LogP contribution in [0.4, 0.5) is 13.2 Å². The number of alkyl halides is 2. The highest BCUT2D eigenvalue weighted by Crippen LogP contribution is 2.16. The van der Waals surface area contributed by atoms with Gasteiger partial charge in [0.2, 0.25) is 5.91 Å². The molecule has 0 spiro atoms. The molecular formula is C18H18F3NO2. The number of carbonyl (C=O) groups excluding carboxylic acids is 1. The largest absolute Gasteiger partial charge is 0.435 e. The lowest BCUT2D eigenvalue weighted by atomic mass is 10.1. The van der Waals surface area contributed by atoms with Gasteiger partial charge >= 0.3 is 6.61 Å². The SMILES string of the molecule is CN(Cc1ccc(OC(F)F)cc1)C(=O)CCc1ccc(F)cc1. The van der Waals surface area contributed by atoms with Gasteiger partial charge < -0.3 is 9.64 Å².